The summed E-state index contributed by atoms with van der Waals surface area (Å²) in [7, 11) is 0. The van der Waals surface area contributed by atoms with E-state index in [1.54, 1.807) is 12.3 Å². The predicted molar refractivity (Wildman–Crippen MR) is 62.2 cm³/mol. The number of ether oxygens (including phenoxy) is 1. The summed E-state index contributed by atoms with van der Waals surface area (Å²) in [6, 6.07) is 5.61. The molecule has 0 aliphatic rings. The minimum atomic E-state index is -0.263. The van der Waals surface area contributed by atoms with Gasteiger partial charge in [0.15, 0.2) is 0 Å². The summed E-state index contributed by atoms with van der Waals surface area (Å²) in [6.45, 7) is 3.17. The maximum atomic E-state index is 10.5. The number of carbonyl (C=O) groups is 1. The second kappa shape index (κ2) is 7.36. The fourth-order valence-corrected chi connectivity index (χ4v) is 1.25. The molecule has 0 saturated carbocycles. The first-order valence-corrected chi connectivity index (χ1v) is 5.41. The molecule has 0 aliphatic carbocycles. The van der Waals surface area contributed by atoms with Gasteiger partial charge in [0.25, 0.3) is 0 Å². The van der Waals surface area contributed by atoms with Crippen LogP contribution < -0.4 is 5.32 Å². The molecule has 5 nitrogen and oxygen atoms in total. The number of pyridine rings is 1. The van der Waals surface area contributed by atoms with E-state index in [1.165, 1.54) is 6.92 Å². The van der Waals surface area contributed by atoms with Crippen molar-refractivity contribution in [2.75, 3.05) is 19.7 Å². The largest absolute Gasteiger partial charge is 0.465 e. The van der Waals surface area contributed by atoms with Crippen LogP contribution in [0.5, 0.6) is 0 Å². The summed E-state index contributed by atoms with van der Waals surface area (Å²) in [5.41, 5.74) is 1.50. The van der Waals surface area contributed by atoms with E-state index in [1.807, 2.05) is 12.1 Å². The summed E-state index contributed by atoms with van der Waals surface area (Å²) in [5, 5.41) is 11.7. The van der Waals surface area contributed by atoms with Crippen molar-refractivity contribution in [2.24, 2.45) is 0 Å². The van der Waals surface area contributed by atoms with Crippen LogP contribution in [0.4, 0.5) is 0 Å². The molecule has 0 aliphatic heterocycles. The fraction of sp³-hybridized carbons (Fsp3) is 0.417. The van der Waals surface area contributed by atoms with E-state index in [4.69, 9.17) is 10.00 Å². The normalized spacial score (nSPS) is 9.65. The van der Waals surface area contributed by atoms with Gasteiger partial charge in [0.1, 0.15) is 12.7 Å². The highest BCUT2D eigenvalue weighted by Gasteiger charge is 1.96. The summed E-state index contributed by atoms with van der Waals surface area (Å²) in [4.78, 5) is 14.6. The van der Waals surface area contributed by atoms with Crippen molar-refractivity contribution in [1.29, 1.82) is 5.26 Å². The molecule has 0 fully saturated rings. The lowest BCUT2D eigenvalue weighted by Gasteiger charge is -2.04. The SMILES string of the molecule is CC(=O)OCCNCCc1ccc(C#N)cn1. The Bertz CT molecular complexity index is 395. The molecule has 0 radical (unpaired) electrons. The van der Waals surface area contributed by atoms with E-state index in [0.717, 1.165) is 18.7 Å². The van der Waals surface area contributed by atoms with Gasteiger partial charge in [-0.2, -0.15) is 5.26 Å². The highest BCUT2D eigenvalue weighted by molar-refractivity contribution is 5.65. The monoisotopic (exact) mass is 233 g/mol. The van der Waals surface area contributed by atoms with Gasteiger partial charge in [0.05, 0.1) is 5.56 Å². The zero-order valence-electron chi connectivity index (χ0n) is 9.77. The highest BCUT2D eigenvalue weighted by atomic mass is 16.5. The molecule has 1 rings (SSSR count). The van der Waals surface area contributed by atoms with Crippen molar-refractivity contribution in [3.05, 3.63) is 29.6 Å². The number of nitrogens with one attached hydrogen (secondary N) is 1. The molecular formula is C12H15N3O2. The van der Waals surface area contributed by atoms with Gasteiger partial charge in [-0.15, -0.1) is 0 Å². The smallest absolute Gasteiger partial charge is 0.302 e. The van der Waals surface area contributed by atoms with Gasteiger partial charge in [-0.1, -0.05) is 0 Å². The Labute approximate surface area is 100 Å². The van der Waals surface area contributed by atoms with Crippen LogP contribution in [0.2, 0.25) is 0 Å². The van der Waals surface area contributed by atoms with Crippen LogP contribution in [-0.4, -0.2) is 30.6 Å². The van der Waals surface area contributed by atoms with Crippen LogP contribution in [0.1, 0.15) is 18.2 Å². The molecule has 90 valence electrons. The molecule has 1 aromatic heterocycles. The third kappa shape index (κ3) is 5.64. The average Bonchev–Trinajstić information content (AvgIpc) is 2.34. The van der Waals surface area contributed by atoms with Crippen molar-refractivity contribution in [3.8, 4) is 6.07 Å². The Morgan fingerprint density at radius 2 is 2.35 bits per heavy atom. The number of carbonyl (C=O) groups excluding carboxylic acids is 1. The summed E-state index contributed by atoms with van der Waals surface area (Å²) in [5.74, 6) is -0.263. The quantitative estimate of drug-likeness (QED) is 0.576. The number of aromatic nitrogens is 1. The topological polar surface area (TPSA) is 75.0 Å². The van der Waals surface area contributed by atoms with Gasteiger partial charge in [-0.05, 0) is 12.1 Å². The molecule has 1 heterocycles. The average molecular weight is 233 g/mol. The Hall–Kier alpha value is -1.93. The molecule has 1 aromatic rings. The molecule has 0 bridgehead atoms. The maximum Gasteiger partial charge on any atom is 0.302 e. The van der Waals surface area contributed by atoms with Crippen LogP contribution in [0, 0.1) is 11.3 Å². The molecule has 17 heavy (non-hydrogen) atoms. The minimum Gasteiger partial charge on any atom is -0.465 e. The second-order valence-electron chi connectivity index (χ2n) is 3.49. The number of hydrogen-bond donors (Lipinski definition) is 1. The fourth-order valence-electron chi connectivity index (χ4n) is 1.25. The van der Waals surface area contributed by atoms with E-state index in [2.05, 4.69) is 10.3 Å². The van der Waals surface area contributed by atoms with Gasteiger partial charge in [-0.25, -0.2) is 0 Å². The van der Waals surface area contributed by atoms with Gasteiger partial charge in [-0.3, -0.25) is 9.78 Å². The Balaban J connectivity index is 2.14. The number of rotatable bonds is 6. The van der Waals surface area contributed by atoms with Crippen LogP contribution >= 0.6 is 0 Å². The lowest BCUT2D eigenvalue weighted by molar-refractivity contribution is -0.140. The first-order chi connectivity index (χ1) is 8.22. The highest BCUT2D eigenvalue weighted by Crippen LogP contribution is 1.98. The van der Waals surface area contributed by atoms with Crippen molar-refractivity contribution < 1.29 is 9.53 Å². The maximum absolute atomic E-state index is 10.5. The van der Waals surface area contributed by atoms with Crippen LogP contribution in [0.25, 0.3) is 0 Å². The predicted octanol–water partition coefficient (Wildman–Crippen LogP) is 0.648. The number of nitriles is 1. The second-order valence-corrected chi connectivity index (χ2v) is 3.49. The molecule has 5 heteroatoms. The van der Waals surface area contributed by atoms with Crippen LogP contribution in [-0.2, 0) is 16.0 Å². The van der Waals surface area contributed by atoms with E-state index in [-0.39, 0.29) is 5.97 Å². The Kier molecular flexibility index (Phi) is 5.69. The first kappa shape index (κ1) is 13.1. The molecule has 0 atom stereocenters. The van der Waals surface area contributed by atoms with Crippen LogP contribution in [0.3, 0.4) is 0 Å². The zero-order chi connectivity index (χ0) is 12.5. The summed E-state index contributed by atoms with van der Waals surface area (Å²) >= 11 is 0. The van der Waals surface area contributed by atoms with Gasteiger partial charge in [0, 0.05) is 38.3 Å². The standard InChI is InChI=1S/C12H15N3O2/c1-10(16)17-7-6-14-5-4-12-3-2-11(8-13)9-15-12/h2-3,9,14H,4-7H2,1H3. The molecule has 0 unspecified atom stereocenters. The van der Waals surface area contributed by atoms with Crippen molar-refractivity contribution in [1.82, 2.24) is 10.3 Å². The van der Waals surface area contributed by atoms with E-state index < -0.39 is 0 Å². The molecule has 1 N–H and O–H groups in total. The Morgan fingerprint density at radius 3 is 2.94 bits per heavy atom. The molecule has 0 spiro atoms. The van der Waals surface area contributed by atoms with Gasteiger partial charge >= 0.3 is 5.97 Å². The van der Waals surface area contributed by atoms with E-state index >= 15 is 0 Å². The lowest BCUT2D eigenvalue weighted by atomic mass is 10.2. The van der Waals surface area contributed by atoms with Crippen LogP contribution in [0.15, 0.2) is 18.3 Å². The lowest BCUT2D eigenvalue weighted by Crippen LogP contribution is -2.23. The number of esters is 1. The number of nitrogens with zero attached hydrogens (tertiary/aromatic N) is 2. The molecule has 0 aromatic carbocycles. The summed E-state index contributed by atoms with van der Waals surface area (Å²) < 4.78 is 4.77. The van der Waals surface area contributed by atoms with Crippen molar-refractivity contribution >= 4 is 5.97 Å². The first-order valence-electron chi connectivity index (χ1n) is 5.41. The molecule has 0 saturated heterocycles. The Morgan fingerprint density at radius 1 is 1.53 bits per heavy atom. The third-order valence-electron chi connectivity index (χ3n) is 2.10. The summed E-state index contributed by atoms with van der Waals surface area (Å²) in [6.07, 6.45) is 2.35. The van der Waals surface area contributed by atoms with Crippen molar-refractivity contribution in [2.45, 2.75) is 13.3 Å². The van der Waals surface area contributed by atoms with Crippen molar-refractivity contribution in [3.63, 3.8) is 0 Å². The van der Waals surface area contributed by atoms with E-state index in [9.17, 15) is 4.79 Å². The zero-order valence-corrected chi connectivity index (χ0v) is 9.77. The van der Waals surface area contributed by atoms with Gasteiger partial charge in [0.2, 0.25) is 0 Å². The third-order valence-corrected chi connectivity index (χ3v) is 2.10. The molecular weight excluding hydrogens is 218 g/mol. The van der Waals surface area contributed by atoms with E-state index in [0.29, 0.717) is 18.7 Å². The molecule has 0 amide bonds. The number of hydrogen-bond acceptors (Lipinski definition) is 5. The minimum absolute atomic E-state index is 0.263. The van der Waals surface area contributed by atoms with Gasteiger partial charge < -0.3 is 10.1 Å².